The molecule has 0 aliphatic heterocycles. The molecule has 1 aromatic carbocycles. The van der Waals surface area contributed by atoms with Gasteiger partial charge in [0.15, 0.2) is 0 Å². The monoisotopic (exact) mass is 302 g/mol. The Hall–Kier alpha value is -1.04. The smallest absolute Gasteiger partial charge is 0.0129 e. The largest absolute Gasteiger partial charge is 0.100 e. The van der Waals surface area contributed by atoms with Crippen molar-refractivity contribution in [2.24, 2.45) is 0 Å². The minimum absolute atomic E-state index is 0.198. The summed E-state index contributed by atoms with van der Waals surface area (Å²) in [6.07, 6.45) is 2.18. The Morgan fingerprint density at radius 1 is 0.909 bits per heavy atom. The van der Waals surface area contributed by atoms with E-state index in [9.17, 15) is 0 Å². The molecule has 1 aromatic rings. The highest BCUT2D eigenvalue weighted by molar-refractivity contribution is 5.45. The standard InChI is InChI=1S/C20H32.C2H6/c1-14(2)10-11-16-12-17(19(4,5)6)15(3)18(13-16)20(7,8)9;1-2/h12-13H,1,10-11H2,2-9H3;1-2H3. The minimum atomic E-state index is 0.198. The van der Waals surface area contributed by atoms with E-state index < -0.39 is 0 Å². The van der Waals surface area contributed by atoms with Gasteiger partial charge < -0.3 is 0 Å². The van der Waals surface area contributed by atoms with E-state index in [4.69, 9.17) is 0 Å². The second kappa shape index (κ2) is 7.99. The topological polar surface area (TPSA) is 0 Å². The molecule has 0 aliphatic rings. The van der Waals surface area contributed by atoms with Gasteiger partial charge in [0, 0.05) is 0 Å². The summed E-state index contributed by atoms with van der Waals surface area (Å²) in [5.74, 6) is 0. The number of hydrogen-bond acceptors (Lipinski definition) is 0. The molecule has 0 fully saturated rings. The number of rotatable bonds is 3. The first-order valence-corrected chi connectivity index (χ1v) is 8.72. The van der Waals surface area contributed by atoms with E-state index in [-0.39, 0.29) is 10.8 Å². The maximum absolute atomic E-state index is 4.03. The van der Waals surface area contributed by atoms with Crippen molar-refractivity contribution in [1.29, 1.82) is 0 Å². The highest BCUT2D eigenvalue weighted by Gasteiger charge is 2.24. The number of allylic oxidation sites excluding steroid dienone is 1. The Kier molecular flexibility index (Phi) is 7.62. The fourth-order valence-electron chi connectivity index (χ4n) is 2.83. The molecular formula is C22H38. The van der Waals surface area contributed by atoms with Gasteiger partial charge in [0.1, 0.15) is 0 Å². The van der Waals surface area contributed by atoms with Crippen LogP contribution in [0, 0.1) is 6.92 Å². The predicted molar refractivity (Wildman–Crippen MR) is 103 cm³/mol. The third kappa shape index (κ3) is 5.99. The van der Waals surface area contributed by atoms with Crippen LogP contribution in [0.2, 0.25) is 0 Å². The second-order valence-corrected chi connectivity index (χ2v) is 8.27. The Labute approximate surface area is 140 Å². The van der Waals surface area contributed by atoms with E-state index >= 15 is 0 Å². The number of aryl methyl sites for hydroxylation is 1. The van der Waals surface area contributed by atoms with Crippen molar-refractivity contribution in [2.75, 3.05) is 0 Å². The molecule has 0 saturated heterocycles. The fraction of sp³-hybridized carbons (Fsp3) is 0.636. The molecule has 0 aliphatic carbocycles. The van der Waals surface area contributed by atoms with Gasteiger partial charge in [-0.3, -0.25) is 0 Å². The van der Waals surface area contributed by atoms with Crippen LogP contribution in [-0.2, 0) is 17.3 Å². The lowest BCUT2D eigenvalue weighted by molar-refractivity contribution is 0.559. The fourth-order valence-corrected chi connectivity index (χ4v) is 2.83. The summed E-state index contributed by atoms with van der Waals surface area (Å²) in [5.41, 5.74) is 7.55. The summed E-state index contributed by atoms with van der Waals surface area (Å²) in [5, 5.41) is 0. The number of benzene rings is 1. The molecule has 0 nitrogen and oxygen atoms in total. The van der Waals surface area contributed by atoms with E-state index in [1.165, 1.54) is 27.8 Å². The van der Waals surface area contributed by atoms with Gasteiger partial charge >= 0.3 is 0 Å². The van der Waals surface area contributed by atoms with Crippen molar-refractivity contribution in [3.05, 3.63) is 46.5 Å². The average molecular weight is 303 g/mol. The zero-order chi connectivity index (χ0) is 17.7. The van der Waals surface area contributed by atoms with Gasteiger partial charge in [-0.2, -0.15) is 0 Å². The summed E-state index contributed by atoms with van der Waals surface area (Å²) in [7, 11) is 0. The van der Waals surface area contributed by atoms with Gasteiger partial charge in [-0.15, -0.1) is 6.58 Å². The molecule has 22 heavy (non-hydrogen) atoms. The maximum Gasteiger partial charge on any atom is -0.0129 e. The zero-order valence-corrected chi connectivity index (χ0v) is 16.8. The highest BCUT2D eigenvalue weighted by atomic mass is 14.3. The van der Waals surface area contributed by atoms with Crippen LogP contribution < -0.4 is 0 Å². The molecule has 0 heteroatoms. The third-order valence-electron chi connectivity index (χ3n) is 3.92. The maximum atomic E-state index is 4.03. The quantitative estimate of drug-likeness (QED) is 0.521. The van der Waals surface area contributed by atoms with Gasteiger partial charge in [-0.25, -0.2) is 0 Å². The van der Waals surface area contributed by atoms with Crippen LogP contribution in [0.15, 0.2) is 24.3 Å². The molecule has 0 bridgehead atoms. The van der Waals surface area contributed by atoms with Crippen LogP contribution >= 0.6 is 0 Å². The van der Waals surface area contributed by atoms with Crippen molar-refractivity contribution in [3.63, 3.8) is 0 Å². The van der Waals surface area contributed by atoms with Crippen molar-refractivity contribution in [3.8, 4) is 0 Å². The molecule has 1 rings (SSSR count). The van der Waals surface area contributed by atoms with Crippen molar-refractivity contribution in [2.45, 2.75) is 92.9 Å². The molecule has 0 radical (unpaired) electrons. The summed E-state index contributed by atoms with van der Waals surface area (Å²) >= 11 is 0. The first kappa shape index (κ1) is 21.0. The second-order valence-electron chi connectivity index (χ2n) is 8.27. The molecule has 0 aromatic heterocycles. The molecule has 0 unspecified atom stereocenters. The lowest BCUT2D eigenvalue weighted by Crippen LogP contribution is -2.20. The van der Waals surface area contributed by atoms with Gasteiger partial charge in [0.2, 0.25) is 0 Å². The predicted octanol–water partition coefficient (Wildman–Crippen LogP) is 7.12. The van der Waals surface area contributed by atoms with Gasteiger partial charge in [0.05, 0.1) is 0 Å². The molecule has 0 atom stereocenters. The Bertz CT molecular complexity index is 455. The normalized spacial score (nSPS) is 11.7. The van der Waals surface area contributed by atoms with Crippen LogP contribution in [0.3, 0.4) is 0 Å². The number of hydrogen-bond donors (Lipinski definition) is 0. The zero-order valence-electron chi connectivity index (χ0n) is 16.8. The molecule has 0 heterocycles. The first-order valence-electron chi connectivity index (χ1n) is 8.72. The summed E-state index contributed by atoms with van der Waals surface area (Å²) < 4.78 is 0. The van der Waals surface area contributed by atoms with Gasteiger partial charge in [0.25, 0.3) is 0 Å². The summed E-state index contributed by atoms with van der Waals surface area (Å²) in [6, 6.07) is 4.82. The minimum Gasteiger partial charge on any atom is -0.100 e. The van der Waals surface area contributed by atoms with Crippen molar-refractivity contribution < 1.29 is 0 Å². The van der Waals surface area contributed by atoms with Crippen molar-refractivity contribution in [1.82, 2.24) is 0 Å². The Morgan fingerprint density at radius 2 is 1.27 bits per heavy atom. The van der Waals surface area contributed by atoms with E-state index in [1.54, 1.807) is 0 Å². The van der Waals surface area contributed by atoms with E-state index in [0.29, 0.717) is 0 Å². The summed E-state index contributed by atoms with van der Waals surface area (Å²) in [4.78, 5) is 0. The Morgan fingerprint density at radius 3 is 1.55 bits per heavy atom. The van der Waals surface area contributed by atoms with Crippen LogP contribution in [0.1, 0.15) is 91.0 Å². The average Bonchev–Trinajstić information content (AvgIpc) is 2.37. The third-order valence-corrected chi connectivity index (χ3v) is 3.92. The van der Waals surface area contributed by atoms with Gasteiger partial charge in [-0.1, -0.05) is 73.1 Å². The van der Waals surface area contributed by atoms with E-state index in [2.05, 4.69) is 74.1 Å². The van der Waals surface area contributed by atoms with E-state index in [0.717, 1.165) is 12.8 Å². The molecule has 126 valence electrons. The van der Waals surface area contributed by atoms with Crippen molar-refractivity contribution >= 4 is 0 Å². The highest BCUT2D eigenvalue weighted by Crippen LogP contribution is 2.35. The first-order chi connectivity index (χ1) is 9.93. The van der Waals surface area contributed by atoms with Crippen LogP contribution in [0.4, 0.5) is 0 Å². The van der Waals surface area contributed by atoms with Crippen LogP contribution in [0.25, 0.3) is 0 Å². The lowest BCUT2D eigenvalue weighted by atomic mass is 9.75. The van der Waals surface area contributed by atoms with Crippen LogP contribution in [-0.4, -0.2) is 0 Å². The molecular weight excluding hydrogens is 264 g/mol. The molecule has 0 N–H and O–H groups in total. The van der Waals surface area contributed by atoms with Gasteiger partial charge in [-0.05, 0) is 59.8 Å². The van der Waals surface area contributed by atoms with E-state index in [1.807, 2.05) is 13.8 Å². The van der Waals surface area contributed by atoms with Crippen LogP contribution in [0.5, 0.6) is 0 Å². The molecule has 0 spiro atoms. The molecule has 0 saturated carbocycles. The Balaban J connectivity index is 0.00000211. The molecule has 0 amide bonds. The SMILES string of the molecule is C=C(C)CCc1cc(C(C)(C)C)c(C)c(C(C)(C)C)c1.CC. The lowest BCUT2D eigenvalue weighted by Gasteiger charge is -2.30. The summed E-state index contributed by atoms with van der Waals surface area (Å²) in [6.45, 7) is 26.3.